The smallest absolute Gasteiger partial charge is 0.410 e. The highest BCUT2D eigenvalue weighted by atomic mass is 79.9. The number of hydrogen-bond donors (Lipinski definition) is 1. The second kappa shape index (κ2) is 9.49. The molecule has 29 heavy (non-hydrogen) atoms. The fourth-order valence-corrected chi connectivity index (χ4v) is 3.62. The van der Waals surface area contributed by atoms with Crippen LogP contribution in [0.3, 0.4) is 0 Å². The molecule has 2 aromatic rings. The van der Waals surface area contributed by atoms with Crippen molar-refractivity contribution < 1.29 is 14.3 Å². The van der Waals surface area contributed by atoms with Crippen molar-refractivity contribution >= 4 is 50.8 Å². The SMILES string of the molecule is C.CC(C)(C)OC(=O)N1CCN(c2nnccc2NC(=O)c2csc(Br)n2)CC1. The Morgan fingerprint density at radius 1 is 1.24 bits per heavy atom. The number of rotatable bonds is 3. The first-order chi connectivity index (χ1) is 13.2. The van der Waals surface area contributed by atoms with Crippen molar-refractivity contribution in [1.82, 2.24) is 20.1 Å². The third-order valence-corrected chi connectivity index (χ3v) is 5.25. The van der Waals surface area contributed by atoms with E-state index < -0.39 is 5.60 Å². The molecule has 2 amide bonds. The second-order valence-electron chi connectivity index (χ2n) is 7.16. The summed E-state index contributed by atoms with van der Waals surface area (Å²) in [4.78, 5) is 32.4. The van der Waals surface area contributed by atoms with Crippen LogP contribution in [0.5, 0.6) is 0 Å². The van der Waals surface area contributed by atoms with Crippen LogP contribution in [0.15, 0.2) is 21.6 Å². The first-order valence-electron chi connectivity index (χ1n) is 8.70. The van der Waals surface area contributed by atoms with Crippen LogP contribution in [0.4, 0.5) is 16.3 Å². The molecule has 158 valence electrons. The summed E-state index contributed by atoms with van der Waals surface area (Å²) in [6, 6.07) is 1.70. The molecular formula is C18H25BrN6O3S. The number of amides is 2. The molecule has 0 atom stereocenters. The Hall–Kier alpha value is -2.27. The molecule has 0 bridgehead atoms. The summed E-state index contributed by atoms with van der Waals surface area (Å²) in [5, 5.41) is 12.6. The molecule has 0 spiro atoms. The van der Waals surface area contributed by atoms with E-state index in [0.717, 1.165) is 0 Å². The lowest BCUT2D eigenvalue weighted by Crippen LogP contribution is -2.50. The Morgan fingerprint density at radius 2 is 1.93 bits per heavy atom. The molecule has 11 heteroatoms. The number of aromatic nitrogens is 3. The van der Waals surface area contributed by atoms with Gasteiger partial charge in [0, 0.05) is 31.6 Å². The van der Waals surface area contributed by atoms with Gasteiger partial charge in [-0.3, -0.25) is 4.79 Å². The van der Waals surface area contributed by atoms with Crippen LogP contribution in [0.2, 0.25) is 0 Å². The number of carbonyl (C=O) groups excluding carboxylic acids is 2. The number of thiazole rings is 1. The molecule has 9 nitrogen and oxygen atoms in total. The Morgan fingerprint density at radius 3 is 2.52 bits per heavy atom. The van der Waals surface area contributed by atoms with Gasteiger partial charge >= 0.3 is 6.09 Å². The summed E-state index contributed by atoms with van der Waals surface area (Å²) >= 11 is 4.59. The number of carbonyl (C=O) groups is 2. The Kier molecular flexibility index (Phi) is 7.53. The summed E-state index contributed by atoms with van der Waals surface area (Å²) in [5.41, 5.74) is 0.352. The highest BCUT2D eigenvalue weighted by molar-refractivity contribution is 9.11. The van der Waals surface area contributed by atoms with E-state index >= 15 is 0 Å². The number of nitrogens with zero attached hydrogens (tertiary/aromatic N) is 5. The molecule has 1 aliphatic rings. The van der Waals surface area contributed by atoms with Gasteiger partial charge in [-0.15, -0.1) is 16.4 Å². The molecule has 1 aliphatic heterocycles. The summed E-state index contributed by atoms with van der Waals surface area (Å²) in [6.45, 7) is 7.64. The monoisotopic (exact) mass is 484 g/mol. The topological polar surface area (TPSA) is 101 Å². The van der Waals surface area contributed by atoms with Gasteiger partial charge in [-0.1, -0.05) is 7.43 Å². The molecule has 0 aromatic carbocycles. The third kappa shape index (κ3) is 6.10. The lowest BCUT2D eigenvalue weighted by Gasteiger charge is -2.36. The highest BCUT2D eigenvalue weighted by Gasteiger charge is 2.27. The van der Waals surface area contributed by atoms with Crippen LogP contribution >= 0.6 is 27.3 Å². The molecule has 2 aromatic heterocycles. The van der Waals surface area contributed by atoms with Crippen LogP contribution in [0.25, 0.3) is 0 Å². The third-order valence-electron chi connectivity index (χ3n) is 3.89. The Bertz CT molecular complexity index is 861. The first kappa shape index (κ1) is 23.0. The van der Waals surface area contributed by atoms with Crippen LogP contribution in [-0.2, 0) is 4.74 Å². The van der Waals surface area contributed by atoms with Gasteiger partial charge < -0.3 is 19.9 Å². The van der Waals surface area contributed by atoms with E-state index in [-0.39, 0.29) is 19.4 Å². The number of halogens is 1. The van der Waals surface area contributed by atoms with Gasteiger partial charge in [0.05, 0.1) is 11.9 Å². The van der Waals surface area contributed by atoms with Crippen molar-refractivity contribution in [3.05, 3.63) is 27.3 Å². The van der Waals surface area contributed by atoms with E-state index in [1.54, 1.807) is 16.3 Å². The zero-order chi connectivity index (χ0) is 20.3. The predicted molar refractivity (Wildman–Crippen MR) is 117 cm³/mol. The van der Waals surface area contributed by atoms with Gasteiger partial charge in [-0.2, -0.15) is 5.10 Å². The van der Waals surface area contributed by atoms with E-state index in [9.17, 15) is 9.59 Å². The van der Waals surface area contributed by atoms with E-state index in [1.165, 1.54) is 17.5 Å². The molecule has 1 N–H and O–H groups in total. The van der Waals surface area contributed by atoms with Gasteiger partial charge in [0.25, 0.3) is 5.91 Å². The number of hydrogen-bond acceptors (Lipinski definition) is 8. The number of anilines is 2. The fraction of sp³-hybridized carbons (Fsp3) is 0.500. The first-order valence-corrected chi connectivity index (χ1v) is 10.4. The minimum Gasteiger partial charge on any atom is -0.444 e. The summed E-state index contributed by atoms with van der Waals surface area (Å²) in [5.74, 6) is 0.248. The number of ether oxygens (including phenoxy) is 1. The average Bonchev–Trinajstić information content (AvgIpc) is 3.07. The Labute approximate surface area is 182 Å². The van der Waals surface area contributed by atoms with Crippen molar-refractivity contribution in [2.75, 3.05) is 36.4 Å². The largest absolute Gasteiger partial charge is 0.444 e. The van der Waals surface area contributed by atoms with Crippen molar-refractivity contribution in [3.63, 3.8) is 0 Å². The van der Waals surface area contributed by atoms with Gasteiger partial charge in [0.1, 0.15) is 11.3 Å². The van der Waals surface area contributed by atoms with Crippen LogP contribution < -0.4 is 10.2 Å². The zero-order valence-electron chi connectivity index (χ0n) is 15.8. The van der Waals surface area contributed by atoms with E-state index in [2.05, 4.69) is 36.4 Å². The molecule has 1 fully saturated rings. The summed E-state index contributed by atoms with van der Waals surface area (Å²) < 4.78 is 6.06. The van der Waals surface area contributed by atoms with Crippen molar-refractivity contribution in [1.29, 1.82) is 0 Å². The maximum Gasteiger partial charge on any atom is 0.410 e. The normalized spacial score (nSPS) is 14.2. The van der Waals surface area contributed by atoms with Gasteiger partial charge in [-0.25, -0.2) is 9.78 Å². The van der Waals surface area contributed by atoms with Crippen LogP contribution in [0, 0.1) is 0 Å². The van der Waals surface area contributed by atoms with Gasteiger partial charge in [0.15, 0.2) is 9.73 Å². The lowest BCUT2D eigenvalue weighted by atomic mass is 10.2. The standard InChI is InChI=1S/C17H21BrN6O3S.CH4/c1-17(2,3)27-16(26)24-8-6-23(7-9-24)13-11(4-5-19-22-13)20-14(25)12-10-28-15(18)21-12;/h4-5,10H,6-9H2,1-3H3,(H,19,20,25);1H4. The van der Waals surface area contributed by atoms with E-state index in [1.807, 2.05) is 25.7 Å². The van der Waals surface area contributed by atoms with Crippen LogP contribution in [0.1, 0.15) is 38.7 Å². The maximum atomic E-state index is 12.4. The minimum atomic E-state index is -0.527. The number of piperazine rings is 1. The average molecular weight is 485 g/mol. The molecule has 0 aliphatic carbocycles. The molecular weight excluding hydrogens is 460 g/mol. The number of nitrogens with one attached hydrogen (secondary N) is 1. The second-order valence-corrected chi connectivity index (χ2v) is 9.30. The predicted octanol–water partition coefficient (Wildman–Crippen LogP) is 3.64. The molecule has 3 heterocycles. The van der Waals surface area contributed by atoms with E-state index in [0.29, 0.717) is 47.3 Å². The highest BCUT2D eigenvalue weighted by Crippen LogP contribution is 2.25. The quantitative estimate of drug-likeness (QED) is 0.709. The van der Waals surface area contributed by atoms with Crippen molar-refractivity contribution in [3.8, 4) is 0 Å². The van der Waals surface area contributed by atoms with E-state index in [4.69, 9.17) is 4.74 Å². The molecule has 0 saturated carbocycles. The van der Waals surface area contributed by atoms with Gasteiger partial charge in [0.2, 0.25) is 0 Å². The molecule has 3 rings (SSSR count). The fourth-order valence-electron chi connectivity index (χ4n) is 2.63. The lowest BCUT2D eigenvalue weighted by molar-refractivity contribution is 0.0240. The summed E-state index contributed by atoms with van der Waals surface area (Å²) in [7, 11) is 0. The Balaban J connectivity index is 0.00000300. The molecule has 1 saturated heterocycles. The minimum absolute atomic E-state index is 0. The molecule has 0 radical (unpaired) electrons. The van der Waals surface area contributed by atoms with Crippen LogP contribution in [-0.4, -0.2) is 63.9 Å². The van der Waals surface area contributed by atoms with Crippen molar-refractivity contribution in [2.24, 2.45) is 0 Å². The molecule has 0 unspecified atom stereocenters. The zero-order valence-corrected chi connectivity index (χ0v) is 18.2. The van der Waals surface area contributed by atoms with Gasteiger partial charge in [-0.05, 0) is 42.8 Å². The maximum absolute atomic E-state index is 12.4. The van der Waals surface area contributed by atoms with Crippen molar-refractivity contribution in [2.45, 2.75) is 33.8 Å². The summed E-state index contributed by atoms with van der Waals surface area (Å²) in [6.07, 6.45) is 1.20.